The first-order chi connectivity index (χ1) is 17.3. The maximum atomic E-state index is 11.8. The van der Waals surface area contributed by atoms with Gasteiger partial charge in [0.1, 0.15) is 5.60 Å². The number of hydrogen-bond donors (Lipinski definition) is 1. The first kappa shape index (κ1) is 26.8. The Balaban J connectivity index is 1.47. The van der Waals surface area contributed by atoms with Gasteiger partial charge in [-0.05, 0) is 25.0 Å². The van der Waals surface area contributed by atoms with Gasteiger partial charge in [0.2, 0.25) is 0 Å². The molecule has 196 valence electrons. The Kier molecular flexibility index (Phi) is 8.80. The molecule has 0 radical (unpaired) electrons. The zero-order valence-corrected chi connectivity index (χ0v) is 21.4. The van der Waals surface area contributed by atoms with Crippen LogP contribution < -0.4 is 0 Å². The van der Waals surface area contributed by atoms with E-state index in [-0.39, 0.29) is 18.5 Å². The van der Waals surface area contributed by atoms with E-state index in [2.05, 4.69) is 0 Å². The average molecular weight is 499 g/mol. The summed E-state index contributed by atoms with van der Waals surface area (Å²) in [4.78, 5) is 11.8. The Morgan fingerprint density at radius 1 is 1.00 bits per heavy atom. The summed E-state index contributed by atoms with van der Waals surface area (Å²) in [7, 11) is 1.36. The highest BCUT2D eigenvalue weighted by molar-refractivity contribution is 5.69. The van der Waals surface area contributed by atoms with Crippen LogP contribution in [0.2, 0.25) is 0 Å². The highest BCUT2D eigenvalue weighted by Gasteiger charge is 2.58. The Hall–Kier alpha value is -2.29. The van der Waals surface area contributed by atoms with Crippen molar-refractivity contribution in [3.05, 3.63) is 71.8 Å². The molecule has 7 heteroatoms. The Morgan fingerprint density at radius 2 is 1.64 bits per heavy atom. The molecule has 7 nitrogen and oxygen atoms in total. The van der Waals surface area contributed by atoms with Crippen LogP contribution in [0.1, 0.15) is 50.7 Å². The predicted molar refractivity (Wildman–Crippen MR) is 134 cm³/mol. The quantitative estimate of drug-likeness (QED) is 0.388. The molecule has 0 bridgehead atoms. The lowest BCUT2D eigenvalue weighted by molar-refractivity contribution is -0.334. The SMILES string of the molecule is COC(=O)C[C@@H]1C[C@@H](O)[C@@]2(C)O[C@@](C)(CCOCc3ccccc3)[C@H](OCc3ccccc3)C[C@@H]2O1. The fourth-order valence-electron chi connectivity index (χ4n) is 5.22. The third kappa shape index (κ3) is 6.33. The molecule has 0 unspecified atom stereocenters. The summed E-state index contributed by atoms with van der Waals surface area (Å²) in [6.07, 6.45) is -0.394. The van der Waals surface area contributed by atoms with Crippen molar-refractivity contribution in [1.29, 1.82) is 0 Å². The van der Waals surface area contributed by atoms with Gasteiger partial charge in [-0.1, -0.05) is 60.7 Å². The lowest BCUT2D eigenvalue weighted by Gasteiger charge is -2.57. The number of benzene rings is 2. The van der Waals surface area contributed by atoms with E-state index in [0.717, 1.165) is 11.1 Å². The van der Waals surface area contributed by atoms with Gasteiger partial charge in [0.15, 0.2) is 0 Å². The van der Waals surface area contributed by atoms with E-state index in [4.69, 9.17) is 23.7 Å². The van der Waals surface area contributed by atoms with E-state index in [9.17, 15) is 9.90 Å². The van der Waals surface area contributed by atoms with Crippen molar-refractivity contribution in [2.75, 3.05) is 13.7 Å². The molecule has 2 aromatic carbocycles. The van der Waals surface area contributed by atoms with E-state index in [1.165, 1.54) is 7.11 Å². The van der Waals surface area contributed by atoms with E-state index < -0.39 is 29.5 Å². The Labute approximate surface area is 213 Å². The monoisotopic (exact) mass is 498 g/mol. The maximum Gasteiger partial charge on any atom is 0.308 e. The third-order valence-corrected chi connectivity index (χ3v) is 7.48. The number of rotatable bonds is 10. The summed E-state index contributed by atoms with van der Waals surface area (Å²) in [6, 6.07) is 20.1. The number of ether oxygens (including phenoxy) is 5. The standard InChI is InChI=1S/C29H38O7/c1-28(14-15-33-19-21-10-6-4-7-11-21)25(34-20-22-12-8-5-9-13-22)18-26-29(2,36-28)24(30)16-23(35-26)17-27(31)32-3/h4-13,23-26,30H,14-20H2,1-3H3/t23-,24+,25+,26-,28-,29+/m0/s1. The smallest absolute Gasteiger partial charge is 0.308 e. The molecule has 6 atom stereocenters. The normalized spacial score (nSPS) is 32.0. The minimum atomic E-state index is -0.923. The van der Waals surface area contributed by atoms with Crippen LogP contribution in [-0.2, 0) is 41.7 Å². The summed E-state index contributed by atoms with van der Waals surface area (Å²) in [6.45, 7) is 5.37. The maximum absolute atomic E-state index is 11.8. The molecule has 2 fully saturated rings. The molecular weight excluding hydrogens is 460 g/mol. The van der Waals surface area contributed by atoms with Gasteiger partial charge in [-0.15, -0.1) is 0 Å². The van der Waals surface area contributed by atoms with Crippen LogP contribution in [0.5, 0.6) is 0 Å². The van der Waals surface area contributed by atoms with Crippen LogP contribution >= 0.6 is 0 Å². The number of carbonyl (C=O) groups excluding carboxylic acids is 1. The lowest BCUT2D eigenvalue weighted by Crippen LogP contribution is -2.69. The van der Waals surface area contributed by atoms with Gasteiger partial charge in [-0.3, -0.25) is 4.79 Å². The van der Waals surface area contributed by atoms with Crippen molar-refractivity contribution in [2.24, 2.45) is 0 Å². The Bertz CT molecular complexity index is 968. The topological polar surface area (TPSA) is 83.5 Å². The highest BCUT2D eigenvalue weighted by atomic mass is 16.6. The van der Waals surface area contributed by atoms with Crippen molar-refractivity contribution >= 4 is 5.97 Å². The van der Waals surface area contributed by atoms with Crippen LogP contribution in [0.25, 0.3) is 0 Å². The number of esters is 1. The molecular formula is C29H38O7. The van der Waals surface area contributed by atoms with Crippen LogP contribution in [0, 0.1) is 0 Å². The Morgan fingerprint density at radius 3 is 2.28 bits per heavy atom. The molecule has 36 heavy (non-hydrogen) atoms. The molecule has 0 amide bonds. The second kappa shape index (κ2) is 11.8. The number of hydrogen-bond acceptors (Lipinski definition) is 7. The van der Waals surface area contributed by atoms with Gasteiger partial charge < -0.3 is 28.8 Å². The fourth-order valence-corrected chi connectivity index (χ4v) is 5.22. The number of aliphatic hydroxyl groups is 1. The summed E-state index contributed by atoms with van der Waals surface area (Å²) in [5, 5.41) is 11.1. The summed E-state index contributed by atoms with van der Waals surface area (Å²) in [5.74, 6) is -0.357. The summed E-state index contributed by atoms with van der Waals surface area (Å²) >= 11 is 0. The minimum Gasteiger partial charge on any atom is -0.469 e. The molecule has 2 aliphatic rings. The fraction of sp³-hybridized carbons (Fsp3) is 0.552. The zero-order valence-electron chi connectivity index (χ0n) is 21.4. The molecule has 0 saturated carbocycles. The molecule has 2 aliphatic heterocycles. The van der Waals surface area contributed by atoms with E-state index in [1.54, 1.807) is 0 Å². The van der Waals surface area contributed by atoms with Gasteiger partial charge in [-0.2, -0.15) is 0 Å². The van der Waals surface area contributed by atoms with Crippen LogP contribution in [0.4, 0.5) is 0 Å². The van der Waals surface area contributed by atoms with E-state index >= 15 is 0 Å². The van der Waals surface area contributed by atoms with E-state index in [0.29, 0.717) is 39.1 Å². The summed E-state index contributed by atoms with van der Waals surface area (Å²) < 4.78 is 30.2. The van der Waals surface area contributed by atoms with Crippen LogP contribution in [-0.4, -0.2) is 60.4 Å². The van der Waals surface area contributed by atoms with Crippen molar-refractivity contribution in [1.82, 2.24) is 0 Å². The van der Waals surface area contributed by atoms with Crippen LogP contribution in [0.3, 0.4) is 0 Å². The van der Waals surface area contributed by atoms with Gasteiger partial charge in [0.25, 0.3) is 0 Å². The van der Waals surface area contributed by atoms with Gasteiger partial charge in [0.05, 0.1) is 56.8 Å². The van der Waals surface area contributed by atoms with Crippen molar-refractivity contribution in [3.8, 4) is 0 Å². The first-order valence-corrected chi connectivity index (χ1v) is 12.7. The van der Waals surface area contributed by atoms with Crippen LogP contribution in [0.15, 0.2) is 60.7 Å². The molecule has 0 aromatic heterocycles. The zero-order chi connectivity index (χ0) is 25.6. The van der Waals surface area contributed by atoms with Gasteiger partial charge >= 0.3 is 5.97 Å². The average Bonchev–Trinajstić information content (AvgIpc) is 2.88. The molecule has 2 aromatic rings. The summed E-state index contributed by atoms with van der Waals surface area (Å²) in [5.41, 5.74) is 0.564. The third-order valence-electron chi connectivity index (χ3n) is 7.48. The lowest BCUT2D eigenvalue weighted by atomic mass is 9.75. The molecule has 2 saturated heterocycles. The molecule has 0 spiro atoms. The second-order valence-electron chi connectivity index (χ2n) is 10.2. The number of fused-ring (bicyclic) bond motifs is 1. The number of methoxy groups -OCH3 is 1. The van der Waals surface area contributed by atoms with Gasteiger partial charge in [-0.25, -0.2) is 0 Å². The van der Waals surface area contributed by atoms with Gasteiger partial charge in [0, 0.05) is 25.9 Å². The molecule has 0 aliphatic carbocycles. The number of carbonyl (C=O) groups is 1. The first-order valence-electron chi connectivity index (χ1n) is 12.7. The largest absolute Gasteiger partial charge is 0.469 e. The molecule has 4 rings (SSSR count). The second-order valence-corrected chi connectivity index (χ2v) is 10.2. The highest BCUT2D eigenvalue weighted by Crippen LogP contribution is 2.46. The molecule has 1 N–H and O–H groups in total. The van der Waals surface area contributed by atoms with E-state index in [1.807, 2.05) is 74.5 Å². The van der Waals surface area contributed by atoms with Crippen molar-refractivity contribution < 1.29 is 33.6 Å². The van der Waals surface area contributed by atoms with Crippen molar-refractivity contribution in [2.45, 2.75) is 88.4 Å². The predicted octanol–water partition coefficient (Wildman–Crippen LogP) is 4.20. The number of aliphatic hydroxyl groups excluding tert-OH is 1. The van der Waals surface area contributed by atoms with Crippen molar-refractivity contribution in [3.63, 3.8) is 0 Å². The molecule has 2 heterocycles. The minimum absolute atomic E-state index is 0.0975.